The molecule has 4 heteroatoms. The first-order valence-corrected chi connectivity index (χ1v) is 7.14. The standard InChI is InChI=1S/C15H12BrNO2/c16-8-7-10-3-2-6-13-14(10)19-15(17-13)11-4-1-5-12(18)9-11/h1-6,9,18H,7-8H2. The molecule has 96 valence electrons. The van der Waals surface area contributed by atoms with Crippen LogP contribution in [0, 0.1) is 0 Å². The number of nitrogens with zero attached hydrogens (tertiary/aromatic N) is 1. The Balaban J connectivity index is 2.14. The number of aromatic nitrogens is 1. The molecule has 0 aliphatic heterocycles. The number of aryl methyl sites for hydroxylation is 1. The van der Waals surface area contributed by atoms with Gasteiger partial charge in [0.1, 0.15) is 11.3 Å². The summed E-state index contributed by atoms with van der Waals surface area (Å²) in [5, 5.41) is 10.4. The molecular weight excluding hydrogens is 306 g/mol. The third kappa shape index (κ3) is 2.36. The third-order valence-electron chi connectivity index (χ3n) is 2.95. The van der Waals surface area contributed by atoms with Gasteiger partial charge in [0, 0.05) is 10.9 Å². The molecule has 3 nitrogen and oxygen atoms in total. The number of oxazole rings is 1. The molecule has 0 spiro atoms. The molecule has 0 radical (unpaired) electrons. The van der Waals surface area contributed by atoms with E-state index in [1.807, 2.05) is 24.3 Å². The van der Waals surface area contributed by atoms with Gasteiger partial charge in [0.25, 0.3) is 0 Å². The minimum Gasteiger partial charge on any atom is -0.508 e. The summed E-state index contributed by atoms with van der Waals surface area (Å²) >= 11 is 3.44. The molecule has 2 aromatic carbocycles. The van der Waals surface area contributed by atoms with Crippen LogP contribution in [0.25, 0.3) is 22.6 Å². The van der Waals surface area contributed by atoms with Crippen LogP contribution in [-0.4, -0.2) is 15.4 Å². The van der Waals surface area contributed by atoms with Crippen LogP contribution in [0.2, 0.25) is 0 Å². The maximum absolute atomic E-state index is 9.51. The first-order valence-electron chi connectivity index (χ1n) is 6.02. The van der Waals surface area contributed by atoms with Gasteiger partial charge in [-0.25, -0.2) is 4.98 Å². The van der Waals surface area contributed by atoms with Gasteiger partial charge in [-0.05, 0) is 36.2 Å². The number of rotatable bonds is 3. The minimum atomic E-state index is 0.209. The van der Waals surface area contributed by atoms with Gasteiger partial charge in [-0.15, -0.1) is 0 Å². The van der Waals surface area contributed by atoms with E-state index < -0.39 is 0 Å². The summed E-state index contributed by atoms with van der Waals surface area (Å²) in [4.78, 5) is 4.47. The zero-order valence-electron chi connectivity index (χ0n) is 10.1. The second-order valence-corrected chi connectivity index (χ2v) is 5.07. The Labute approximate surface area is 119 Å². The molecule has 0 saturated heterocycles. The number of halogens is 1. The molecule has 0 aliphatic rings. The molecule has 1 heterocycles. The summed E-state index contributed by atoms with van der Waals surface area (Å²) < 4.78 is 5.85. The van der Waals surface area contributed by atoms with Crippen LogP contribution in [0.15, 0.2) is 46.9 Å². The average Bonchev–Trinajstić information content (AvgIpc) is 2.84. The third-order valence-corrected chi connectivity index (χ3v) is 3.35. The van der Waals surface area contributed by atoms with Crippen molar-refractivity contribution >= 4 is 27.0 Å². The van der Waals surface area contributed by atoms with Crippen molar-refractivity contribution in [1.29, 1.82) is 0 Å². The Hall–Kier alpha value is -1.81. The lowest BCUT2D eigenvalue weighted by molar-refractivity contribution is 0.475. The number of para-hydroxylation sites is 1. The zero-order chi connectivity index (χ0) is 13.2. The highest BCUT2D eigenvalue weighted by molar-refractivity contribution is 9.09. The van der Waals surface area contributed by atoms with E-state index in [-0.39, 0.29) is 5.75 Å². The van der Waals surface area contributed by atoms with Gasteiger partial charge in [0.05, 0.1) is 0 Å². The summed E-state index contributed by atoms with van der Waals surface area (Å²) in [5.74, 6) is 0.744. The number of hydrogen-bond acceptors (Lipinski definition) is 3. The highest BCUT2D eigenvalue weighted by atomic mass is 79.9. The molecule has 0 atom stereocenters. The smallest absolute Gasteiger partial charge is 0.227 e. The van der Waals surface area contributed by atoms with Crippen LogP contribution in [0.3, 0.4) is 0 Å². The molecule has 1 N–H and O–H groups in total. The maximum atomic E-state index is 9.51. The first kappa shape index (κ1) is 12.2. The number of aromatic hydroxyl groups is 1. The van der Waals surface area contributed by atoms with Crippen LogP contribution in [-0.2, 0) is 6.42 Å². The Morgan fingerprint density at radius 3 is 2.79 bits per heavy atom. The lowest BCUT2D eigenvalue weighted by atomic mass is 10.1. The normalized spacial score (nSPS) is 11.0. The number of fused-ring (bicyclic) bond motifs is 1. The van der Waals surface area contributed by atoms with Crippen molar-refractivity contribution in [2.24, 2.45) is 0 Å². The quantitative estimate of drug-likeness (QED) is 0.738. The molecule has 0 aliphatic carbocycles. The number of hydrogen-bond donors (Lipinski definition) is 1. The largest absolute Gasteiger partial charge is 0.508 e. The fourth-order valence-electron chi connectivity index (χ4n) is 2.07. The van der Waals surface area contributed by atoms with E-state index in [0.29, 0.717) is 5.89 Å². The van der Waals surface area contributed by atoms with Gasteiger partial charge in [0.2, 0.25) is 5.89 Å². The Kier molecular flexibility index (Phi) is 3.25. The van der Waals surface area contributed by atoms with Crippen molar-refractivity contribution in [3.05, 3.63) is 48.0 Å². The fourth-order valence-corrected chi connectivity index (χ4v) is 2.49. The van der Waals surface area contributed by atoms with Gasteiger partial charge >= 0.3 is 0 Å². The van der Waals surface area contributed by atoms with Crippen molar-refractivity contribution < 1.29 is 9.52 Å². The topological polar surface area (TPSA) is 46.3 Å². The second kappa shape index (κ2) is 5.05. The molecule has 19 heavy (non-hydrogen) atoms. The van der Waals surface area contributed by atoms with E-state index in [4.69, 9.17) is 4.42 Å². The Morgan fingerprint density at radius 2 is 2.00 bits per heavy atom. The van der Waals surface area contributed by atoms with Crippen molar-refractivity contribution in [2.75, 3.05) is 5.33 Å². The Bertz CT molecular complexity index is 721. The van der Waals surface area contributed by atoms with Crippen LogP contribution in [0.4, 0.5) is 0 Å². The summed E-state index contributed by atoms with van der Waals surface area (Å²) in [6.07, 6.45) is 0.895. The van der Waals surface area contributed by atoms with Gasteiger partial charge in [-0.2, -0.15) is 0 Å². The van der Waals surface area contributed by atoms with Crippen LogP contribution in [0.5, 0.6) is 5.75 Å². The monoisotopic (exact) mass is 317 g/mol. The Morgan fingerprint density at radius 1 is 1.16 bits per heavy atom. The van der Waals surface area contributed by atoms with Gasteiger partial charge in [-0.3, -0.25) is 0 Å². The molecule has 0 bridgehead atoms. The summed E-state index contributed by atoms with van der Waals surface area (Å²) in [6, 6.07) is 12.9. The first-order chi connectivity index (χ1) is 9.28. The predicted octanol–water partition coefficient (Wildman–Crippen LogP) is 4.14. The van der Waals surface area contributed by atoms with Crippen molar-refractivity contribution in [3.8, 4) is 17.2 Å². The molecule has 0 unspecified atom stereocenters. The van der Waals surface area contributed by atoms with E-state index in [2.05, 4.69) is 20.9 Å². The molecular formula is C15H12BrNO2. The van der Waals surface area contributed by atoms with Gasteiger partial charge in [0.15, 0.2) is 5.58 Å². The summed E-state index contributed by atoms with van der Waals surface area (Å²) in [5.41, 5.74) is 3.58. The molecule has 3 aromatic rings. The number of phenolic OH excluding ortho intramolecular Hbond substituents is 1. The molecule has 0 fully saturated rings. The van der Waals surface area contributed by atoms with Crippen LogP contribution >= 0.6 is 15.9 Å². The van der Waals surface area contributed by atoms with Crippen molar-refractivity contribution in [1.82, 2.24) is 4.98 Å². The summed E-state index contributed by atoms with van der Waals surface area (Å²) in [6.45, 7) is 0. The van der Waals surface area contributed by atoms with E-state index in [1.165, 1.54) is 0 Å². The molecule has 3 rings (SSSR count). The number of phenols is 1. The molecule has 0 amide bonds. The van der Waals surface area contributed by atoms with E-state index in [9.17, 15) is 5.11 Å². The molecule has 1 aromatic heterocycles. The van der Waals surface area contributed by atoms with Crippen molar-refractivity contribution in [2.45, 2.75) is 6.42 Å². The number of alkyl halides is 1. The second-order valence-electron chi connectivity index (χ2n) is 4.27. The zero-order valence-corrected chi connectivity index (χ0v) is 11.7. The van der Waals surface area contributed by atoms with Crippen LogP contribution in [0.1, 0.15) is 5.56 Å². The maximum Gasteiger partial charge on any atom is 0.227 e. The van der Waals surface area contributed by atoms with Gasteiger partial charge < -0.3 is 9.52 Å². The van der Waals surface area contributed by atoms with E-state index in [0.717, 1.165) is 34.0 Å². The number of benzene rings is 2. The molecule has 0 saturated carbocycles. The average molecular weight is 318 g/mol. The highest BCUT2D eigenvalue weighted by Gasteiger charge is 2.11. The van der Waals surface area contributed by atoms with Crippen LogP contribution < -0.4 is 0 Å². The minimum absolute atomic E-state index is 0.209. The lowest BCUT2D eigenvalue weighted by Gasteiger charge is -1.97. The van der Waals surface area contributed by atoms with E-state index >= 15 is 0 Å². The van der Waals surface area contributed by atoms with E-state index in [1.54, 1.807) is 18.2 Å². The fraction of sp³-hybridized carbons (Fsp3) is 0.133. The van der Waals surface area contributed by atoms with Crippen molar-refractivity contribution in [3.63, 3.8) is 0 Å². The highest BCUT2D eigenvalue weighted by Crippen LogP contribution is 2.28. The SMILES string of the molecule is Oc1cccc(-c2nc3cccc(CCBr)c3o2)c1. The lowest BCUT2D eigenvalue weighted by Crippen LogP contribution is -1.85. The predicted molar refractivity (Wildman–Crippen MR) is 78.6 cm³/mol. The summed E-state index contributed by atoms with van der Waals surface area (Å²) in [7, 11) is 0. The van der Waals surface area contributed by atoms with Gasteiger partial charge in [-0.1, -0.05) is 34.1 Å².